The highest BCUT2D eigenvalue weighted by atomic mass is 16.2. The van der Waals surface area contributed by atoms with Gasteiger partial charge in [0.05, 0.1) is 5.41 Å². The molecule has 0 aromatic heterocycles. The van der Waals surface area contributed by atoms with Crippen molar-refractivity contribution in [1.29, 1.82) is 0 Å². The number of nitrogens with one attached hydrogen (secondary N) is 2. The fourth-order valence-corrected chi connectivity index (χ4v) is 3.03. The largest absolute Gasteiger partial charge is 0.353 e. The van der Waals surface area contributed by atoms with Crippen LogP contribution in [0.5, 0.6) is 0 Å². The summed E-state index contributed by atoms with van der Waals surface area (Å²) in [7, 11) is 0. The minimum atomic E-state index is -0.124. The van der Waals surface area contributed by atoms with Crippen LogP contribution in [0.3, 0.4) is 0 Å². The fraction of sp³-hybridized carbons (Fsp3) is 0.923. The molecule has 0 aromatic carbocycles. The van der Waals surface area contributed by atoms with Crippen LogP contribution in [0.15, 0.2) is 0 Å². The first-order valence-electron chi connectivity index (χ1n) is 6.78. The molecule has 1 saturated heterocycles. The average Bonchev–Trinajstić information content (AvgIpc) is 2.82. The molecule has 0 aromatic rings. The molecule has 92 valence electrons. The molecule has 1 saturated carbocycles. The van der Waals surface area contributed by atoms with E-state index in [1.54, 1.807) is 0 Å². The summed E-state index contributed by atoms with van der Waals surface area (Å²) in [6, 6.07) is 0.456. The smallest absolute Gasteiger partial charge is 0.227 e. The van der Waals surface area contributed by atoms with Crippen molar-refractivity contribution in [1.82, 2.24) is 10.6 Å². The van der Waals surface area contributed by atoms with Crippen molar-refractivity contribution < 1.29 is 4.79 Å². The maximum atomic E-state index is 12.4. The van der Waals surface area contributed by atoms with Crippen LogP contribution in [0.1, 0.15) is 51.9 Å². The second-order valence-corrected chi connectivity index (χ2v) is 5.37. The zero-order valence-corrected chi connectivity index (χ0v) is 10.3. The van der Waals surface area contributed by atoms with Gasteiger partial charge in [-0.05, 0) is 38.6 Å². The van der Waals surface area contributed by atoms with Crippen LogP contribution in [0.4, 0.5) is 0 Å². The van der Waals surface area contributed by atoms with Crippen LogP contribution < -0.4 is 10.6 Å². The van der Waals surface area contributed by atoms with Gasteiger partial charge < -0.3 is 10.6 Å². The van der Waals surface area contributed by atoms with Crippen LogP contribution in [0.25, 0.3) is 0 Å². The molecular formula is C13H24N2O. The van der Waals surface area contributed by atoms with Gasteiger partial charge >= 0.3 is 0 Å². The van der Waals surface area contributed by atoms with E-state index in [0.29, 0.717) is 11.9 Å². The number of piperidine rings is 1. The molecular weight excluding hydrogens is 200 g/mol. The molecule has 1 heterocycles. The third-order valence-electron chi connectivity index (χ3n) is 4.32. The standard InChI is InChI=1S/C13H24N2O/c1-2-13(8-5-9-14-10-13)12(16)15-11-6-3-4-7-11/h11,14H,2-10H2,1H3,(H,15,16). The van der Waals surface area contributed by atoms with Gasteiger partial charge in [-0.3, -0.25) is 4.79 Å². The summed E-state index contributed by atoms with van der Waals surface area (Å²) in [6.07, 6.45) is 8.06. The maximum Gasteiger partial charge on any atom is 0.227 e. The van der Waals surface area contributed by atoms with Gasteiger partial charge in [0.2, 0.25) is 5.91 Å². The fourth-order valence-electron chi connectivity index (χ4n) is 3.03. The van der Waals surface area contributed by atoms with Crippen LogP contribution >= 0.6 is 0 Å². The Hall–Kier alpha value is -0.570. The van der Waals surface area contributed by atoms with E-state index in [1.165, 1.54) is 25.7 Å². The molecule has 1 aliphatic heterocycles. The van der Waals surface area contributed by atoms with Crippen LogP contribution in [-0.4, -0.2) is 25.0 Å². The van der Waals surface area contributed by atoms with E-state index in [0.717, 1.165) is 32.4 Å². The topological polar surface area (TPSA) is 41.1 Å². The average molecular weight is 224 g/mol. The second kappa shape index (κ2) is 5.17. The molecule has 2 aliphatic rings. The van der Waals surface area contributed by atoms with Gasteiger partial charge in [0.25, 0.3) is 0 Å². The molecule has 2 N–H and O–H groups in total. The Morgan fingerprint density at radius 1 is 1.38 bits per heavy atom. The molecule has 1 unspecified atom stereocenters. The molecule has 0 bridgehead atoms. The summed E-state index contributed by atoms with van der Waals surface area (Å²) in [6.45, 7) is 4.07. The lowest BCUT2D eigenvalue weighted by atomic mass is 9.77. The lowest BCUT2D eigenvalue weighted by Crippen LogP contribution is -2.52. The third-order valence-corrected chi connectivity index (χ3v) is 4.32. The first-order chi connectivity index (χ1) is 7.77. The Kier molecular flexibility index (Phi) is 3.85. The normalized spacial score (nSPS) is 31.6. The van der Waals surface area contributed by atoms with Crippen molar-refractivity contribution in [3.05, 3.63) is 0 Å². The quantitative estimate of drug-likeness (QED) is 0.768. The molecule has 16 heavy (non-hydrogen) atoms. The highest BCUT2D eigenvalue weighted by molar-refractivity contribution is 5.83. The third kappa shape index (κ3) is 2.40. The lowest BCUT2D eigenvalue weighted by Gasteiger charge is -2.36. The van der Waals surface area contributed by atoms with Crippen LogP contribution in [-0.2, 0) is 4.79 Å². The van der Waals surface area contributed by atoms with E-state index in [4.69, 9.17) is 0 Å². The van der Waals surface area contributed by atoms with E-state index in [-0.39, 0.29) is 5.41 Å². The van der Waals surface area contributed by atoms with Crippen molar-refractivity contribution in [3.63, 3.8) is 0 Å². The molecule has 0 spiro atoms. The molecule has 1 aliphatic carbocycles. The summed E-state index contributed by atoms with van der Waals surface area (Å²) >= 11 is 0. The predicted molar refractivity (Wildman–Crippen MR) is 65.2 cm³/mol. The number of hydrogen-bond acceptors (Lipinski definition) is 2. The van der Waals surface area contributed by atoms with Crippen molar-refractivity contribution in [3.8, 4) is 0 Å². The monoisotopic (exact) mass is 224 g/mol. The Labute approximate surface area is 98.4 Å². The summed E-state index contributed by atoms with van der Waals surface area (Å²) in [4.78, 5) is 12.4. The van der Waals surface area contributed by atoms with E-state index in [1.807, 2.05) is 0 Å². The molecule has 2 fully saturated rings. The lowest BCUT2D eigenvalue weighted by molar-refractivity contribution is -0.133. The summed E-state index contributed by atoms with van der Waals surface area (Å²) in [5, 5.41) is 6.63. The highest BCUT2D eigenvalue weighted by Crippen LogP contribution is 2.31. The zero-order chi connectivity index (χ0) is 11.4. The highest BCUT2D eigenvalue weighted by Gasteiger charge is 2.38. The maximum absolute atomic E-state index is 12.4. The molecule has 1 atom stereocenters. The number of carbonyl (C=O) groups is 1. The van der Waals surface area contributed by atoms with Gasteiger partial charge in [0.1, 0.15) is 0 Å². The van der Waals surface area contributed by atoms with Gasteiger partial charge in [-0.2, -0.15) is 0 Å². The second-order valence-electron chi connectivity index (χ2n) is 5.37. The van der Waals surface area contributed by atoms with E-state index >= 15 is 0 Å². The van der Waals surface area contributed by atoms with Crippen molar-refractivity contribution in [2.45, 2.75) is 57.9 Å². The predicted octanol–water partition coefficient (Wildman–Crippen LogP) is 1.82. The van der Waals surface area contributed by atoms with Crippen molar-refractivity contribution >= 4 is 5.91 Å². The Balaban J connectivity index is 1.94. The number of amides is 1. The van der Waals surface area contributed by atoms with Crippen LogP contribution in [0.2, 0.25) is 0 Å². The van der Waals surface area contributed by atoms with Crippen LogP contribution in [0, 0.1) is 5.41 Å². The van der Waals surface area contributed by atoms with Crippen molar-refractivity contribution in [2.75, 3.05) is 13.1 Å². The Bertz CT molecular complexity index is 240. The molecule has 1 amide bonds. The molecule has 3 heteroatoms. The molecule has 0 radical (unpaired) electrons. The number of hydrogen-bond donors (Lipinski definition) is 2. The van der Waals surface area contributed by atoms with Crippen molar-refractivity contribution in [2.24, 2.45) is 5.41 Å². The van der Waals surface area contributed by atoms with E-state index in [9.17, 15) is 4.79 Å². The van der Waals surface area contributed by atoms with Gasteiger partial charge in [0.15, 0.2) is 0 Å². The summed E-state index contributed by atoms with van der Waals surface area (Å²) in [5.41, 5.74) is -0.124. The van der Waals surface area contributed by atoms with Gasteiger partial charge in [-0.1, -0.05) is 19.8 Å². The number of rotatable bonds is 3. The van der Waals surface area contributed by atoms with E-state index < -0.39 is 0 Å². The molecule has 2 rings (SSSR count). The first kappa shape index (κ1) is 11.9. The first-order valence-corrected chi connectivity index (χ1v) is 6.78. The minimum Gasteiger partial charge on any atom is -0.353 e. The number of carbonyl (C=O) groups excluding carboxylic acids is 1. The van der Waals surface area contributed by atoms with Gasteiger partial charge in [-0.15, -0.1) is 0 Å². The Morgan fingerprint density at radius 3 is 2.69 bits per heavy atom. The van der Waals surface area contributed by atoms with Gasteiger partial charge in [-0.25, -0.2) is 0 Å². The van der Waals surface area contributed by atoms with Gasteiger partial charge in [0, 0.05) is 12.6 Å². The molecule has 3 nitrogen and oxygen atoms in total. The summed E-state index contributed by atoms with van der Waals surface area (Å²) < 4.78 is 0. The SMILES string of the molecule is CCC1(C(=O)NC2CCCC2)CCCNC1. The summed E-state index contributed by atoms with van der Waals surface area (Å²) in [5.74, 6) is 0.300. The zero-order valence-electron chi connectivity index (χ0n) is 10.3. The Morgan fingerprint density at radius 2 is 2.12 bits per heavy atom. The van der Waals surface area contributed by atoms with E-state index in [2.05, 4.69) is 17.6 Å². The minimum absolute atomic E-state index is 0.124.